The fourth-order valence-electron chi connectivity index (χ4n) is 1.28. The number of anilines is 1. The highest BCUT2D eigenvalue weighted by Crippen LogP contribution is 2.15. The van der Waals surface area contributed by atoms with Gasteiger partial charge in [-0.25, -0.2) is 4.79 Å². The fraction of sp³-hybridized carbons (Fsp3) is 0. The highest BCUT2D eigenvalue weighted by molar-refractivity contribution is 9.10. The molecule has 16 heavy (non-hydrogen) atoms. The van der Waals surface area contributed by atoms with E-state index < -0.39 is 11.7 Å². The Morgan fingerprint density at radius 3 is 2.94 bits per heavy atom. The molecule has 0 unspecified atom stereocenters. The summed E-state index contributed by atoms with van der Waals surface area (Å²) in [6, 6.07) is 5.02. The van der Waals surface area contributed by atoms with Crippen molar-refractivity contribution in [1.82, 2.24) is 9.97 Å². The van der Waals surface area contributed by atoms with Gasteiger partial charge in [0, 0.05) is 4.47 Å². The largest absolute Gasteiger partial charge is 0.465 e. The van der Waals surface area contributed by atoms with Gasteiger partial charge in [-0.3, -0.25) is 10.1 Å². The van der Waals surface area contributed by atoms with Crippen molar-refractivity contribution in [3.8, 4) is 0 Å². The number of carbonyl (C=O) groups is 1. The van der Waals surface area contributed by atoms with Gasteiger partial charge in [0.25, 0.3) is 5.56 Å². The van der Waals surface area contributed by atoms with E-state index in [1.165, 1.54) is 0 Å². The topological polar surface area (TPSA) is 95.1 Å². The molecule has 82 valence electrons. The third-order valence-electron chi connectivity index (χ3n) is 1.90. The van der Waals surface area contributed by atoms with E-state index >= 15 is 0 Å². The molecule has 0 aliphatic heterocycles. The Bertz CT molecular complexity index is 623. The van der Waals surface area contributed by atoms with E-state index in [1.54, 1.807) is 18.2 Å². The molecule has 1 amide bonds. The molecular formula is C9H6BrN3O3. The maximum atomic E-state index is 11.5. The molecule has 0 aliphatic carbocycles. The van der Waals surface area contributed by atoms with Crippen LogP contribution in [-0.2, 0) is 0 Å². The number of nitrogens with one attached hydrogen (secondary N) is 2. The lowest BCUT2D eigenvalue weighted by molar-refractivity contribution is 0.209. The van der Waals surface area contributed by atoms with Gasteiger partial charge in [0.15, 0.2) is 0 Å². The number of amides is 1. The average Bonchev–Trinajstić information content (AvgIpc) is 2.18. The van der Waals surface area contributed by atoms with Crippen LogP contribution in [0.3, 0.4) is 0 Å². The molecule has 6 nitrogen and oxygen atoms in total. The van der Waals surface area contributed by atoms with Gasteiger partial charge < -0.3 is 10.1 Å². The summed E-state index contributed by atoms with van der Waals surface area (Å²) in [5.74, 6) is -0.0904. The number of aromatic nitrogens is 2. The number of aromatic amines is 1. The minimum Gasteiger partial charge on any atom is -0.465 e. The van der Waals surface area contributed by atoms with Gasteiger partial charge in [0.1, 0.15) is 0 Å². The third-order valence-corrected chi connectivity index (χ3v) is 2.40. The minimum atomic E-state index is -1.28. The summed E-state index contributed by atoms with van der Waals surface area (Å²) in [4.78, 5) is 28.2. The quantitative estimate of drug-likeness (QED) is 0.743. The first-order valence-electron chi connectivity index (χ1n) is 4.26. The van der Waals surface area contributed by atoms with Crippen molar-refractivity contribution in [3.63, 3.8) is 0 Å². The van der Waals surface area contributed by atoms with Gasteiger partial charge in [-0.2, -0.15) is 4.98 Å². The molecule has 0 atom stereocenters. The number of fused-ring (bicyclic) bond motifs is 1. The van der Waals surface area contributed by atoms with Gasteiger partial charge in [-0.05, 0) is 18.2 Å². The van der Waals surface area contributed by atoms with E-state index in [0.29, 0.717) is 10.9 Å². The smallest absolute Gasteiger partial charge is 0.411 e. The number of benzene rings is 1. The van der Waals surface area contributed by atoms with E-state index in [0.717, 1.165) is 4.47 Å². The minimum absolute atomic E-state index is 0.0904. The normalized spacial score (nSPS) is 10.3. The Kier molecular flexibility index (Phi) is 2.61. The molecule has 1 heterocycles. The molecule has 0 radical (unpaired) electrons. The third kappa shape index (κ3) is 2.03. The van der Waals surface area contributed by atoms with E-state index in [9.17, 15) is 9.59 Å². The number of H-pyrrole nitrogens is 1. The molecule has 2 rings (SSSR count). The molecular weight excluding hydrogens is 278 g/mol. The van der Waals surface area contributed by atoms with Crippen LogP contribution < -0.4 is 10.9 Å². The average molecular weight is 284 g/mol. The standard InChI is InChI=1S/C9H6BrN3O3/c10-4-1-2-6-5(3-4)7(14)12-8(11-6)13-9(15)16/h1-3H,(H,15,16)(H2,11,12,13,14). The second-order valence-corrected chi connectivity index (χ2v) is 3.93. The van der Waals surface area contributed by atoms with Crippen LogP contribution in [0.2, 0.25) is 0 Å². The Balaban J connectivity index is 2.64. The van der Waals surface area contributed by atoms with Gasteiger partial charge in [-0.1, -0.05) is 15.9 Å². The summed E-state index contributed by atoms with van der Waals surface area (Å²) in [6.45, 7) is 0. The van der Waals surface area contributed by atoms with Crippen LogP contribution >= 0.6 is 15.9 Å². The maximum Gasteiger partial charge on any atom is 0.411 e. The number of nitrogens with zero attached hydrogens (tertiary/aromatic N) is 1. The predicted octanol–water partition coefficient (Wildman–Crippen LogP) is 1.78. The first-order valence-corrected chi connectivity index (χ1v) is 5.05. The monoisotopic (exact) mass is 283 g/mol. The van der Waals surface area contributed by atoms with Crippen molar-refractivity contribution in [2.75, 3.05) is 5.32 Å². The Morgan fingerprint density at radius 2 is 2.25 bits per heavy atom. The summed E-state index contributed by atoms with van der Waals surface area (Å²) >= 11 is 3.24. The summed E-state index contributed by atoms with van der Waals surface area (Å²) in [5.41, 5.74) is 0.0331. The summed E-state index contributed by atoms with van der Waals surface area (Å²) in [6.07, 6.45) is -1.28. The van der Waals surface area contributed by atoms with Crippen molar-refractivity contribution >= 4 is 38.9 Å². The summed E-state index contributed by atoms with van der Waals surface area (Å²) < 4.78 is 0.756. The number of halogens is 1. The van der Waals surface area contributed by atoms with Crippen molar-refractivity contribution in [1.29, 1.82) is 0 Å². The number of hydrogen-bond acceptors (Lipinski definition) is 3. The van der Waals surface area contributed by atoms with Gasteiger partial charge >= 0.3 is 6.09 Å². The predicted molar refractivity (Wildman–Crippen MR) is 61.7 cm³/mol. The number of carboxylic acid groups (broad SMARTS) is 1. The number of hydrogen-bond donors (Lipinski definition) is 3. The molecule has 0 fully saturated rings. The van der Waals surface area contributed by atoms with Crippen molar-refractivity contribution < 1.29 is 9.90 Å². The van der Waals surface area contributed by atoms with E-state index in [2.05, 4.69) is 25.9 Å². The lowest BCUT2D eigenvalue weighted by atomic mass is 10.2. The Morgan fingerprint density at radius 1 is 1.50 bits per heavy atom. The van der Waals surface area contributed by atoms with Crippen LogP contribution in [0.25, 0.3) is 10.9 Å². The maximum absolute atomic E-state index is 11.5. The second kappa shape index (κ2) is 3.93. The molecule has 0 bridgehead atoms. The van der Waals surface area contributed by atoms with E-state index in [4.69, 9.17) is 5.11 Å². The van der Waals surface area contributed by atoms with Crippen LogP contribution in [-0.4, -0.2) is 21.2 Å². The Labute approximate surface area is 97.5 Å². The molecule has 0 saturated carbocycles. The van der Waals surface area contributed by atoms with Crippen LogP contribution in [0, 0.1) is 0 Å². The van der Waals surface area contributed by atoms with Gasteiger partial charge in [0.2, 0.25) is 5.95 Å². The molecule has 0 spiro atoms. The highest BCUT2D eigenvalue weighted by Gasteiger charge is 2.05. The Hall–Kier alpha value is -1.89. The van der Waals surface area contributed by atoms with Crippen LogP contribution in [0.1, 0.15) is 0 Å². The highest BCUT2D eigenvalue weighted by atomic mass is 79.9. The van der Waals surface area contributed by atoms with Crippen molar-refractivity contribution in [2.45, 2.75) is 0 Å². The van der Waals surface area contributed by atoms with Crippen LogP contribution in [0.15, 0.2) is 27.5 Å². The zero-order valence-electron chi connectivity index (χ0n) is 7.82. The van der Waals surface area contributed by atoms with Gasteiger partial charge in [-0.15, -0.1) is 0 Å². The molecule has 2 aromatic rings. The molecule has 1 aromatic carbocycles. The van der Waals surface area contributed by atoms with Crippen molar-refractivity contribution in [2.24, 2.45) is 0 Å². The SMILES string of the molecule is O=C(O)Nc1nc(=O)c2cc(Br)ccc2[nH]1. The van der Waals surface area contributed by atoms with E-state index in [1.807, 2.05) is 5.32 Å². The lowest BCUT2D eigenvalue weighted by Gasteiger charge is -2.02. The fourth-order valence-corrected chi connectivity index (χ4v) is 1.64. The van der Waals surface area contributed by atoms with Gasteiger partial charge in [0.05, 0.1) is 10.9 Å². The summed E-state index contributed by atoms with van der Waals surface area (Å²) in [5, 5.41) is 10.9. The zero-order chi connectivity index (χ0) is 11.7. The van der Waals surface area contributed by atoms with Crippen LogP contribution in [0.5, 0.6) is 0 Å². The van der Waals surface area contributed by atoms with Crippen molar-refractivity contribution in [3.05, 3.63) is 33.0 Å². The lowest BCUT2D eigenvalue weighted by Crippen LogP contribution is -2.16. The molecule has 7 heteroatoms. The molecule has 0 saturated heterocycles. The summed E-state index contributed by atoms with van der Waals surface area (Å²) in [7, 11) is 0. The molecule has 3 N–H and O–H groups in total. The van der Waals surface area contributed by atoms with E-state index in [-0.39, 0.29) is 5.95 Å². The molecule has 0 aliphatic rings. The second-order valence-electron chi connectivity index (χ2n) is 3.01. The molecule has 1 aromatic heterocycles. The number of rotatable bonds is 1. The zero-order valence-corrected chi connectivity index (χ0v) is 9.41. The van der Waals surface area contributed by atoms with Crippen LogP contribution in [0.4, 0.5) is 10.7 Å². The first kappa shape index (κ1) is 10.6. The first-order chi connectivity index (χ1) is 7.56.